The van der Waals surface area contributed by atoms with Gasteiger partial charge in [0.25, 0.3) is 0 Å². The molecule has 0 N–H and O–H groups in total. The van der Waals surface area contributed by atoms with Crippen LogP contribution >= 0.6 is 0 Å². The molecule has 0 saturated carbocycles. The maximum absolute atomic E-state index is 9.77. The van der Waals surface area contributed by atoms with Gasteiger partial charge in [-0.1, -0.05) is 212 Å². The molecule has 0 aliphatic heterocycles. The number of hydrogen-bond donors (Lipinski definition) is 0. The lowest BCUT2D eigenvalue weighted by molar-refractivity contribution is 1.05. The van der Waals surface area contributed by atoms with Crippen molar-refractivity contribution in [3.05, 3.63) is 290 Å². The summed E-state index contributed by atoms with van der Waals surface area (Å²) in [6.45, 7) is 9.77. The van der Waals surface area contributed by atoms with Crippen molar-refractivity contribution >= 4 is 83.2 Å². The van der Waals surface area contributed by atoms with E-state index in [9.17, 15) is 6.57 Å². The third kappa shape index (κ3) is 7.05. The van der Waals surface area contributed by atoms with Gasteiger partial charge in [0, 0.05) is 22.0 Å². The van der Waals surface area contributed by atoms with Crippen LogP contribution in [0.15, 0.2) is 279 Å². The van der Waals surface area contributed by atoms with Crippen LogP contribution in [-0.4, -0.2) is 32.5 Å². The zero-order chi connectivity index (χ0) is 54.7. The van der Waals surface area contributed by atoms with Gasteiger partial charge in [-0.2, -0.15) is 0 Å². The van der Waals surface area contributed by atoms with Crippen molar-refractivity contribution in [2.45, 2.75) is 0 Å². The zero-order valence-electron chi connectivity index (χ0n) is 44.6. The van der Waals surface area contributed by atoms with Crippen molar-refractivity contribution in [2.24, 2.45) is 0 Å². The Morgan fingerprint density at radius 2 is 0.639 bits per heavy atom. The average molecular weight is 1060 g/mol. The quantitative estimate of drug-likeness (QED) is 0.142. The molecule has 0 amide bonds. The van der Waals surface area contributed by atoms with Crippen LogP contribution in [0.2, 0.25) is 0 Å². The molecule has 0 radical (unpaired) electrons. The molecular weight excluding hydrogens is 1010 g/mol. The van der Waals surface area contributed by atoms with Crippen LogP contribution in [0.3, 0.4) is 0 Å². The summed E-state index contributed by atoms with van der Waals surface area (Å²) in [6, 6.07) is 98.8. The van der Waals surface area contributed by atoms with E-state index < -0.39 is 0 Å². The Kier molecular flexibility index (Phi) is 10.2. The van der Waals surface area contributed by atoms with E-state index in [4.69, 9.17) is 14.8 Å². The van der Waals surface area contributed by atoms with E-state index in [1.54, 1.807) is 0 Å². The van der Waals surface area contributed by atoms with E-state index in [1.807, 2.05) is 6.07 Å². The highest BCUT2D eigenvalue weighted by molar-refractivity contribution is 6.12. The van der Waals surface area contributed by atoms with E-state index in [2.05, 4.69) is 295 Å². The Bertz CT molecular complexity index is 5430. The first kappa shape index (κ1) is 46.4. The monoisotopic (exact) mass is 1060 g/mol. The molecule has 0 unspecified atom stereocenters. The molecule has 83 heavy (non-hydrogen) atoms. The van der Waals surface area contributed by atoms with E-state index >= 15 is 0 Å². The van der Waals surface area contributed by atoms with Gasteiger partial charge in [0.15, 0.2) is 0 Å². The van der Waals surface area contributed by atoms with Crippen molar-refractivity contribution in [2.75, 3.05) is 0 Å². The molecule has 12 aromatic carbocycles. The Balaban J connectivity index is 1.07. The smallest absolute Gasteiger partial charge is 0.222 e. The van der Waals surface area contributed by atoms with E-state index in [0.29, 0.717) is 5.69 Å². The van der Waals surface area contributed by atoms with Crippen LogP contribution < -0.4 is 0 Å². The second kappa shape index (κ2) is 18.3. The minimum Gasteiger partial charge on any atom is -0.317 e. The summed E-state index contributed by atoms with van der Waals surface area (Å²) in [5, 5.41) is 2.19. The number of para-hydroxylation sites is 2. The van der Waals surface area contributed by atoms with Crippen LogP contribution in [0.1, 0.15) is 0 Å². The minimum absolute atomic E-state index is 0.488. The van der Waals surface area contributed by atoms with Gasteiger partial charge in [0.2, 0.25) is 17.2 Å². The number of imidazole rings is 4. The highest BCUT2D eigenvalue weighted by Crippen LogP contribution is 2.50. The lowest BCUT2D eigenvalue weighted by Gasteiger charge is -2.23. The fourth-order valence-corrected chi connectivity index (χ4v) is 13.0. The van der Waals surface area contributed by atoms with Gasteiger partial charge in [-0.05, 0) is 117 Å². The molecule has 0 aliphatic rings. The summed E-state index contributed by atoms with van der Waals surface area (Å²) in [6.07, 6.45) is 0. The first-order chi connectivity index (χ1) is 41.1. The predicted molar refractivity (Wildman–Crippen MR) is 340 cm³/mol. The first-order valence-electron chi connectivity index (χ1n) is 27.9. The Labute approximate surface area is 476 Å². The molecule has 8 heteroatoms. The van der Waals surface area contributed by atoms with E-state index in [-0.39, 0.29) is 0 Å². The summed E-state index contributed by atoms with van der Waals surface area (Å²) < 4.78 is 11.6. The summed E-state index contributed by atoms with van der Waals surface area (Å²) in [5.74, 6) is 1.45. The molecule has 5 aromatic heterocycles. The Hall–Kier alpha value is -11.5. The molecule has 0 fully saturated rings. The van der Waals surface area contributed by atoms with E-state index in [0.717, 1.165) is 150 Å². The normalized spacial score (nSPS) is 11.8. The fourth-order valence-electron chi connectivity index (χ4n) is 13.0. The molecule has 0 atom stereocenters. The third-order valence-electron chi connectivity index (χ3n) is 16.7. The highest BCUT2D eigenvalue weighted by atomic mass is 15.2. The molecule has 0 aliphatic carbocycles. The largest absolute Gasteiger partial charge is 0.317 e. The van der Waals surface area contributed by atoms with Gasteiger partial charge in [-0.15, -0.1) is 0 Å². The number of benzene rings is 12. The Morgan fingerprint density at radius 3 is 1.06 bits per heavy atom. The van der Waals surface area contributed by atoms with Crippen LogP contribution in [0.4, 0.5) is 5.69 Å². The number of hydrogen-bond acceptors (Lipinski definition) is 2. The van der Waals surface area contributed by atoms with Gasteiger partial charge in [-0.3, -0.25) is 17.9 Å². The van der Waals surface area contributed by atoms with Gasteiger partial charge in [-0.25, -0.2) is 14.8 Å². The second-order valence-electron chi connectivity index (χ2n) is 21.3. The summed E-state index contributed by atoms with van der Waals surface area (Å²) in [4.78, 5) is 16.1. The lowest BCUT2D eigenvalue weighted by Crippen LogP contribution is -2.09. The lowest BCUT2D eigenvalue weighted by atomic mass is 9.98. The summed E-state index contributed by atoms with van der Waals surface area (Å²) in [5.41, 5.74) is 22.8. The molecule has 5 heterocycles. The number of nitrogens with zero attached hydrogens (tertiary/aromatic N) is 8. The standard InChI is InChI=1S/C75H46N8/c1-76-72-71(52-29-15-6-16-30-52)69(80-63-41-37-55(50-25-11-4-12-26-50)45-67(63)82-65-43-53(48-21-7-2-8-22-48)35-39-59(65)77-74(80)82)47-70(73(72)79-61-33-19-17-31-57(61)58-32-18-20-34-62(58)79)81-64-42-38-56(51-27-13-5-14-28-51)46-68(64)83-66-44-54(49-23-9-3-10-24-49)36-40-60(66)78-75(81)83/h2-47H. The van der Waals surface area contributed by atoms with Crippen LogP contribution in [-0.2, 0) is 0 Å². The second-order valence-corrected chi connectivity index (χ2v) is 21.3. The summed E-state index contributed by atoms with van der Waals surface area (Å²) in [7, 11) is 0. The van der Waals surface area contributed by atoms with Crippen molar-refractivity contribution in [1.29, 1.82) is 0 Å². The fraction of sp³-hybridized carbons (Fsp3) is 0. The van der Waals surface area contributed by atoms with Crippen LogP contribution in [0, 0.1) is 6.57 Å². The molecule has 0 bridgehead atoms. The first-order valence-corrected chi connectivity index (χ1v) is 27.9. The Morgan fingerprint density at radius 1 is 0.277 bits per heavy atom. The minimum atomic E-state index is 0.488. The average Bonchev–Trinajstić information content (AvgIpc) is 3.76. The molecule has 17 aromatic rings. The highest BCUT2D eigenvalue weighted by Gasteiger charge is 2.31. The van der Waals surface area contributed by atoms with E-state index in [1.165, 1.54) is 0 Å². The third-order valence-corrected chi connectivity index (χ3v) is 16.7. The SMILES string of the molecule is [C-]#[N+]c1c(-c2ccccc2)c(-n2c3ccc(-c4ccccc4)cc3n3c4cc(-c5ccccc5)ccc4nc23)cc(-n2c3ccc(-c4ccccc4)cc3n3c4cc(-c5ccccc5)ccc4nc23)c1-n1c2ccccc2c2ccccc21. The molecular formula is C75H46N8. The zero-order valence-corrected chi connectivity index (χ0v) is 44.6. The molecule has 386 valence electrons. The van der Waals surface area contributed by atoms with Gasteiger partial charge >= 0.3 is 0 Å². The number of rotatable bonds is 8. The maximum Gasteiger partial charge on any atom is 0.222 e. The van der Waals surface area contributed by atoms with Crippen molar-refractivity contribution in [3.8, 4) is 72.7 Å². The van der Waals surface area contributed by atoms with Gasteiger partial charge < -0.3 is 4.57 Å². The van der Waals surface area contributed by atoms with Gasteiger partial charge in [0.1, 0.15) is 0 Å². The van der Waals surface area contributed by atoms with Crippen molar-refractivity contribution < 1.29 is 0 Å². The molecule has 0 spiro atoms. The predicted octanol–water partition coefficient (Wildman–Crippen LogP) is 19.2. The van der Waals surface area contributed by atoms with Crippen LogP contribution in [0.5, 0.6) is 0 Å². The summed E-state index contributed by atoms with van der Waals surface area (Å²) >= 11 is 0. The topological polar surface area (TPSA) is 53.8 Å². The number of aromatic nitrogens is 7. The molecule has 17 rings (SSSR count). The molecule has 0 saturated heterocycles. The van der Waals surface area contributed by atoms with Crippen molar-refractivity contribution in [1.82, 2.24) is 32.5 Å². The number of fused-ring (bicyclic) bond motifs is 13. The molecule has 8 nitrogen and oxygen atoms in total. The van der Waals surface area contributed by atoms with Gasteiger partial charge in [0.05, 0.1) is 73.1 Å². The van der Waals surface area contributed by atoms with Crippen LogP contribution in [0.25, 0.3) is 155 Å². The van der Waals surface area contributed by atoms with Crippen molar-refractivity contribution in [3.63, 3.8) is 0 Å². The maximum atomic E-state index is 9.77.